The van der Waals surface area contributed by atoms with Crippen LogP contribution in [0.4, 0.5) is 14.5 Å². The van der Waals surface area contributed by atoms with Gasteiger partial charge in [0.1, 0.15) is 0 Å². The van der Waals surface area contributed by atoms with Crippen molar-refractivity contribution < 1.29 is 18.3 Å². The van der Waals surface area contributed by atoms with E-state index in [9.17, 15) is 8.78 Å². The number of para-hydroxylation sites is 1. The predicted molar refractivity (Wildman–Crippen MR) is 103 cm³/mol. The van der Waals surface area contributed by atoms with Gasteiger partial charge in [0.2, 0.25) is 0 Å². The van der Waals surface area contributed by atoms with Crippen molar-refractivity contribution in [1.29, 1.82) is 0 Å². The maximum Gasteiger partial charge on any atom is 0.387 e. The summed E-state index contributed by atoms with van der Waals surface area (Å²) >= 11 is 5.48. The van der Waals surface area contributed by atoms with Crippen LogP contribution >= 0.6 is 12.2 Å². The Balaban J connectivity index is 2.09. The van der Waals surface area contributed by atoms with Gasteiger partial charge < -0.3 is 19.7 Å². The first kappa shape index (κ1) is 19.9. The molecule has 0 aliphatic carbocycles. The molecule has 4 nitrogen and oxygen atoms in total. The van der Waals surface area contributed by atoms with Crippen LogP contribution in [-0.2, 0) is 6.54 Å². The van der Waals surface area contributed by atoms with E-state index in [-0.39, 0.29) is 11.5 Å². The molecule has 0 aliphatic heterocycles. The number of anilines is 1. The first-order chi connectivity index (χ1) is 12.3. The number of halogens is 2. The first-order valence-corrected chi connectivity index (χ1v) is 8.42. The molecule has 0 aliphatic rings. The van der Waals surface area contributed by atoms with Crippen LogP contribution in [0.1, 0.15) is 16.7 Å². The second-order valence-corrected chi connectivity index (χ2v) is 6.30. The fourth-order valence-electron chi connectivity index (χ4n) is 2.56. The number of hydrogen-bond acceptors (Lipinski definition) is 3. The van der Waals surface area contributed by atoms with Gasteiger partial charge in [-0.2, -0.15) is 8.78 Å². The van der Waals surface area contributed by atoms with Gasteiger partial charge in [-0.25, -0.2) is 0 Å². The van der Waals surface area contributed by atoms with Crippen LogP contribution in [0.3, 0.4) is 0 Å². The van der Waals surface area contributed by atoms with Crippen molar-refractivity contribution in [2.24, 2.45) is 0 Å². The van der Waals surface area contributed by atoms with E-state index in [4.69, 9.17) is 17.0 Å². The largest absolute Gasteiger partial charge is 0.493 e. The van der Waals surface area contributed by atoms with E-state index in [1.54, 1.807) is 12.1 Å². The lowest BCUT2D eigenvalue weighted by Crippen LogP contribution is -2.31. The Morgan fingerprint density at radius 2 is 1.81 bits per heavy atom. The maximum atomic E-state index is 12.4. The van der Waals surface area contributed by atoms with Gasteiger partial charge in [-0.15, -0.1) is 0 Å². The lowest BCUT2D eigenvalue weighted by molar-refractivity contribution is -0.0512. The third kappa shape index (κ3) is 5.05. The molecule has 0 atom stereocenters. The summed E-state index contributed by atoms with van der Waals surface area (Å²) in [6, 6.07) is 10.9. The summed E-state index contributed by atoms with van der Waals surface area (Å²) in [5, 5.41) is 3.83. The lowest BCUT2D eigenvalue weighted by Gasteiger charge is -2.23. The zero-order valence-corrected chi connectivity index (χ0v) is 16.0. The molecule has 0 amide bonds. The number of ether oxygens (including phenoxy) is 2. The number of aryl methyl sites for hydroxylation is 2. The molecule has 140 valence electrons. The van der Waals surface area contributed by atoms with Crippen LogP contribution in [0.15, 0.2) is 36.4 Å². The highest BCUT2D eigenvalue weighted by molar-refractivity contribution is 7.80. The molecular formula is C19H22F2N2O2S. The minimum absolute atomic E-state index is 0.00476. The second kappa shape index (κ2) is 8.80. The summed E-state index contributed by atoms with van der Waals surface area (Å²) < 4.78 is 34.4. The highest BCUT2D eigenvalue weighted by atomic mass is 32.1. The predicted octanol–water partition coefficient (Wildman–Crippen LogP) is 4.74. The van der Waals surface area contributed by atoms with Crippen molar-refractivity contribution >= 4 is 23.0 Å². The normalized spacial score (nSPS) is 10.6. The van der Waals surface area contributed by atoms with E-state index in [0.29, 0.717) is 11.7 Å². The molecule has 0 unspecified atom stereocenters. The minimum Gasteiger partial charge on any atom is -0.493 e. The SMILES string of the molecule is COc1cc(CN(C)C(=S)Nc2c(C)cccc2C)ccc1OC(F)F. The fourth-order valence-corrected chi connectivity index (χ4v) is 2.73. The van der Waals surface area contributed by atoms with E-state index in [1.807, 2.05) is 44.0 Å². The molecule has 0 bridgehead atoms. The highest BCUT2D eigenvalue weighted by Crippen LogP contribution is 2.30. The Labute approximate surface area is 157 Å². The molecule has 26 heavy (non-hydrogen) atoms. The molecular weight excluding hydrogens is 358 g/mol. The van der Waals surface area contributed by atoms with E-state index in [1.165, 1.54) is 13.2 Å². The Hall–Kier alpha value is -2.41. The topological polar surface area (TPSA) is 33.7 Å². The molecule has 1 N–H and O–H groups in total. The Bertz CT molecular complexity index is 764. The number of nitrogens with zero attached hydrogens (tertiary/aromatic N) is 1. The lowest BCUT2D eigenvalue weighted by atomic mass is 10.1. The third-order valence-electron chi connectivity index (χ3n) is 3.92. The van der Waals surface area contributed by atoms with Crippen LogP contribution in [-0.4, -0.2) is 30.8 Å². The molecule has 0 spiro atoms. The van der Waals surface area contributed by atoms with Gasteiger partial charge in [0, 0.05) is 19.3 Å². The number of rotatable bonds is 6. The molecule has 2 rings (SSSR count). The van der Waals surface area contributed by atoms with Gasteiger partial charge in [-0.3, -0.25) is 0 Å². The maximum absolute atomic E-state index is 12.4. The zero-order chi connectivity index (χ0) is 19.3. The van der Waals surface area contributed by atoms with Crippen molar-refractivity contribution in [3.05, 3.63) is 53.1 Å². The molecule has 0 saturated carbocycles. The van der Waals surface area contributed by atoms with Crippen molar-refractivity contribution in [3.8, 4) is 11.5 Å². The van der Waals surface area contributed by atoms with Crippen molar-refractivity contribution in [2.75, 3.05) is 19.5 Å². The smallest absolute Gasteiger partial charge is 0.387 e. The average Bonchev–Trinajstić information content (AvgIpc) is 2.58. The van der Waals surface area contributed by atoms with Crippen LogP contribution in [0.5, 0.6) is 11.5 Å². The number of benzene rings is 2. The van der Waals surface area contributed by atoms with Gasteiger partial charge in [0.05, 0.1) is 7.11 Å². The number of alkyl halides is 2. The Kier molecular flexibility index (Phi) is 6.74. The molecule has 0 saturated heterocycles. The van der Waals surface area contributed by atoms with Crippen LogP contribution in [0, 0.1) is 13.8 Å². The van der Waals surface area contributed by atoms with Gasteiger partial charge >= 0.3 is 6.61 Å². The minimum atomic E-state index is -2.90. The Morgan fingerprint density at radius 1 is 1.15 bits per heavy atom. The summed E-state index contributed by atoms with van der Waals surface area (Å²) in [4.78, 5) is 1.86. The molecule has 0 radical (unpaired) electrons. The van der Waals surface area contributed by atoms with Gasteiger partial charge in [0.15, 0.2) is 16.6 Å². The number of hydrogen-bond donors (Lipinski definition) is 1. The number of nitrogens with one attached hydrogen (secondary N) is 1. The van der Waals surface area contributed by atoms with Crippen LogP contribution in [0.25, 0.3) is 0 Å². The summed E-state index contributed by atoms with van der Waals surface area (Å²) in [6.45, 7) is 1.63. The molecule has 0 aromatic heterocycles. The Morgan fingerprint density at radius 3 is 2.38 bits per heavy atom. The highest BCUT2D eigenvalue weighted by Gasteiger charge is 2.13. The average molecular weight is 380 g/mol. The summed E-state index contributed by atoms with van der Waals surface area (Å²) in [6.07, 6.45) is 0. The van der Waals surface area contributed by atoms with E-state index in [0.717, 1.165) is 22.4 Å². The van der Waals surface area contributed by atoms with Crippen LogP contribution < -0.4 is 14.8 Å². The zero-order valence-electron chi connectivity index (χ0n) is 15.2. The first-order valence-electron chi connectivity index (χ1n) is 8.02. The van der Waals surface area contributed by atoms with E-state index in [2.05, 4.69) is 10.1 Å². The molecule has 0 heterocycles. The van der Waals surface area contributed by atoms with E-state index < -0.39 is 6.61 Å². The standard InChI is InChI=1S/C19H22F2N2O2S/c1-12-6-5-7-13(2)17(12)22-19(26)23(3)11-14-8-9-15(25-18(20)21)16(10-14)24-4/h5-10,18H,11H2,1-4H3,(H,22,26). The van der Waals surface area contributed by atoms with Gasteiger partial charge in [-0.1, -0.05) is 24.3 Å². The molecule has 2 aromatic carbocycles. The van der Waals surface area contributed by atoms with Gasteiger partial charge in [0.25, 0.3) is 0 Å². The number of thiocarbonyl (C=S) groups is 1. The second-order valence-electron chi connectivity index (χ2n) is 5.92. The number of methoxy groups -OCH3 is 1. The van der Waals surface area contributed by atoms with E-state index >= 15 is 0 Å². The van der Waals surface area contributed by atoms with Crippen LogP contribution in [0.2, 0.25) is 0 Å². The quantitative estimate of drug-likeness (QED) is 0.732. The summed E-state index contributed by atoms with van der Waals surface area (Å²) in [5.74, 6) is 0.259. The molecule has 0 fully saturated rings. The monoisotopic (exact) mass is 380 g/mol. The van der Waals surface area contributed by atoms with Gasteiger partial charge in [-0.05, 0) is 54.9 Å². The van der Waals surface area contributed by atoms with Crippen molar-refractivity contribution in [1.82, 2.24) is 4.90 Å². The molecule has 7 heteroatoms. The van der Waals surface area contributed by atoms with Crippen molar-refractivity contribution in [3.63, 3.8) is 0 Å². The summed E-state index contributed by atoms with van der Waals surface area (Å²) in [7, 11) is 3.27. The van der Waals surface area contributed by atoms with Crippen molar-refractivity contribution in [2.45, 2.75) is 27.0 Å². The summed E-state index contributed by atoms with van der Waals surface area (Å²) in [5.41, 5.74) is 4.06. The molecule has 2 aromatic rings. The fraction of sp³-hybridized carbons (Fsp3) is 0.316. The third-order valence-corrected chi connectivity index (χ3v) is 4.34.